The Morgan fingerprint density at radius 3 is 0.652 bits per heavy atom. The van der Waals surface area contributed by atoms with Crippen LogP contribution in [0.4, 0.5) is 0 Å². The molecule has 5 heteroatoms. The molecule has 0 amide bonds. The van der Waals surface area contributed by atoms with Crippen molar-refractivity contribution in [2.24, 2.45) is 0 Å². The van der Waals surface area contributed by atoms with Crippen molar-refractivity contribution in [2.75, 3.05) is 0 Å². The summed E-state index contributed by atoms with van der Waals surface area (Å²) in [4.78, 5) is 0. The molecule has 0 spiro atoms. The van der Waals surface area contributed by atoms with Gasteiger partial charge in [0.05, 0.1) is 0 Å². The first-order valence-electron chi connectivity index (χ1n) is 20.5. The van der Waals surface area contributed by atoms with Gasteiger partial charge in [-0.05, 0) is 111 Å². The number of halogens is 2. The molecular weight excluding hydrogens is 726 g/mol. The Morgan fingerprint density at radius 2 is 0.543 bits per heavy atom. The molecule has 6 aliphatic rings. The summed E-state index contributed by atoms with van der Waals surface area (Å²) in [5, 5.41) is 0.642. The van der Waals surface area contributed by atoms with E-state index in [1.807, 2.05) is 13.8 Å². The van der Waals surface area contributed by atoms with Crippen molar-refractivity contribution in [1.82, 2.24) is 0 Å². The Labute approximate surface area is 309 Å². The van der Waals surface area contributed by atoms with Gasteiger partial charge in [-0.15, -0.1) is 0 Å². The summed E-state index contributed by atoms with van der Waals surface area (Å²) in [6.07, 6.45) is 47.2. The average molecular weight is 799 g/mol. The van der Waals surface area contributed by atoms with E-state index in [2.05, 4.69) is 17.9 Å². The summed E-state index contributed by atoms with van der Waals surface area (Å²) < 4.78 is 0.589. The molecular formula is C41H72Cl2P2Ru. The quantitative estimate of drug-likeness (QED) is 0.178. The summed E-state index contributed by atoms with van der Waals surface area (Å²) in [6, 6.07) is 0. The predicted octanol–water partition coefficient (Wildman–Crippen LogP) is 15.4. The molecule has 0 atom stereocenters. The van der Waals surface area contributed by atoms with Crippen LogP contribution in [0.3, 0.4) is 0 Å². The van der Waals surface area contributed by atoms with Gasteiger partial charge in [0.2, 0.25) is 0 Å². The molecule has 0 nitrogen and oxygen atoms in total. The van der Waals surface area contributed by atoms with Crippen LogP contribution in [-0.4, -0.2) is 37.5 Å². The fourth-order valence-corrected chi connectivity index (χ4v) is 20.2. The molecule has 0 bridgehead atoms. The summed E-state index contributed by atoms with van der Waals surface area (Å²) in [6.45, 7) is 3.83. The zero-order valence-corrected chi connectivity index (χ0v) is 35.2. The van der Waals surface area contributed by atoms with E-state index in [-0.39, 0.29) is 0 Å². The number of hydrogen-bond acceptors (Lipinski definition) is 0. The molecule has 0 radical (unpaired) electrons. The Bertz CT molecular complexity index is 712. The van der Waals surface area contributed by atoms with Gasteiger partial charge < -0.3 is 0 Å². The first-order valence-corrected chi connectivity index (χ1v) is 25.2. The van der Waals surface area contributed by atoms with Gasteiger partial charge in [-0.25, -0.2) is 0 Å². The first-order chi connectivity index (χ1) is 22.5. The molecule has 0 heterocycles. The fraction of sp³-hybridized carbons (Fsp3) is 0.927. The van der Waals surface area contributed by atoms with Gasteiger partial charge in [0.25, 0.3) is 0 Å². The van der Waals surface area contributed by atoms with Gasteiger partial charge in [0.1, 0.15) is 0 Å². The molecule has 6 fully saturated rings. The molecule has 46 heavy (non-hydrogen) atoms. The predicted molar refractivity (Wildman–Crippen MR) is 210 cm³/mol. The third kappa shape index (κ3) is 13.7. The topological polar surface area (TPSA) is 0 Å². The van der Waals surface area contributed by atoms with E-state index in [1.165, 1.54) is 72.5 Å². The van der Waals surface area contributed by atoms with Crippen LogP contribution in [0.2, 0.25) is 0 Å². The van der Waals surface area contributed by atoms with Gasteiger partial charge in [-0.2, -0.15) is 0 Å². The Balaban J connectivity index is 0.000000170. The van der Waals surface area contributed by atoms with E-state index in [4.69, 9.17) is 23.2 Å². The Morgan fingerprint density at radius 1 is 0.370 bits per heavy atom. The SMILES string of the molecule is C1CCC(P(C2CCCCC2)C2CCCCC2)CC1.C1CCC(P(C2CCCCC2)C2CCCCC2)CC1.CC(C)=C(Cl)[C](Cl)=[Ru]. The standard InChI is InChI=1S/2C18H33P.C5H6Cl2.Ru/c2*1-4-10-16(11-5-1)19(17-12-6-2-7-13-17)18-14-8-3-9-15-18;1-4(2)5(7)3-6;/h2*16-18H,1-15H2;1-2H3;. The maximum absolute atomic E-state index is 5.64. The van der Waals surface area contributed by atoms with Crippen LogP contribution in [0.15, 0.2) is 10.6 Å². The molecule has 0 aromatic rings. The van der Waals surface area contributed by atoms with E-state index in [9.17, 15) is 0 Å². The van der Waals surface area contributed by atoms with Crippen LogP contribution in [0, 0.1) is 0 Å². The second-order valence-electron chi connectivity index (χ2n) is 16.2. The molecule has 6 aliphatic carbocycles. The van der Waals surface area contributed by atoms with Gasteiger partial charge in [0.15, 0.2) is 0 Å². The van der Waals surface area contributed by atoms with E-state index in [0.29, 0.717) is 24.4 Å². The van der Waals surface area contributed by atoms with Crippen LogP contribution in [0.5, 0.6) is 0 Å². The van der Waals surface area contributed by atoms with Gasteiger partial charge >= 0.3 is 69.1 Å². The summed E-state index contributed by atoms with van der Waals surface area (Å²) in [5.41, 5.74) is 8.18. The van der Waals surface area contributed by atoms with Gasteiger partial charge in [-0.3, -0.25) is 0 Å². The minimum atomic E-state index is 0.385. The number of hydrogen-bond donors (Lipinski definition) is 0. The third-order valence-corrected chi connectivity index (χ3v) is 22.3. The molecule has 268 valence electrons. The van der Waals surface area contributed by atoms with E-state index in [1.54, 1.807) is 154 Å². The first kappa shape index (κ1) is 40.4. The molecule has 0 aromatic heterocycles. The molecule has 0 aromatic carbocycles. The van der Waals surface area contributed by atoms with E-state index < -0.39 is 0 Å². The van der Waals surface area contributed by atoms with Crippen molar-refractivity contribution in [3.63, 3.8) is 0 Å². The second-order valence-corrected chi connectivity index (χ2v) is 24.5. The normalized spacial score (nSPS) is 25.4. The second kappa shape index (κ2) is 23.3. The molecule has 0 N–H and O–H groups in total. The van der Waals surface area contributed by atoms with Crippen molar-refractivity contribution in [3.05, 3.63) is 10.6 Å². The number of allylic oxidation sites excluding steroid dienone is 2. The minimum absolute atomic E-state index is 0.385. The van der Waals surface area contributed by atoms with Crippen molar-refractivity contribution >= 4 is 42.6 Å². The fourth-order valence-electron chi connectivity index (χ4n) is 10.2. The van der Waals surface area contributed by atoms with E-state index in [0.717, 1.165) is 5.57 Å². The van der Waals surface area contributed by atoms with Crippen molar-refractivity contribution in [1.29, 1.82) is 0 Å². The maximum atomic E-state index is 5.64. The summed E-state index contributed by atoms with van der Waals surface area (Å²) in [5.74, 6) is 0. The molecule has 0 aliphatic heterocycles. The van der Waals surface area contributed by atoms with Crippen LogP contribution < -0.4 is 0 Å². The van der Waals surface area contributed by atoms with Crippen LogP contribution in [0.25, 0.3) is 0 Å². The Kier molecular flexibility index (Phi) is 20.5. The Hall–Kier alpha value is 1.67. The van der Waals surface area contributed by atoms with Crippen LogP contribution in [-0.2, 0) is 17.9 Å². The van der Waals surface area contributed by atoms with Crippen LogP contribution in [0.1, 0.15) is 206 Å². The average Bonchev–Trinajstić information content (AvgIpc) is 3.11. The van der Waals surface area contributed by atoms with Crippen molar-refractivity contribution in [2.45, 2.75) is 240 Å². The summed E-state index contributed by atoms with van der Waals surface area (Å²) in [7, 11) is 0.770. The van der Waals surface area contributed by atoms with Gasteiger partial charge in [0, 0.05) is 0 Å². The van der Waals surface area contributed by atoms with Crippen molar-refractivity contribution < 1.29 is 17.9 Å². The monoisotopic (exact) mass is 798 g/mol. The number of rotatable bonds is 7. The third-order valence-electron chi connectivity index (χ3n) is 12.6. The van der Waals surface area contributed by atoms with Crippen LogP contribution >= 0.6 is 39.0 Å². The zero-order chi connectivity index (χ0) is 32.6. The van der Waals surface area contributed by atoms with Gasteiger partial charge in [-0.1, -0.05) is 131 Å². The van der Waals surface area contributed by atoms with Crippen molar-refractivity contribution in [3.8, 4) is 0 Å². The zero-order valence-electron chi connectivity index (χ0n) is 30.2. The molecule has 6 saturated carbocycles. The molecule has 0 unspecified atom stereocenters. The van der Waals surface area contributed by atoms with E-state index >= 15 is 0 Å². The molecule has 6 rings (SSSR count). The molecule has 0 saturated heterocycles. The summed E-state index contributed by atoms with van der Waals surface area (Å²) >= 11 is 13.4.